The van der Waals surface area contributed by atoms with E-state index in [-0.39, 0.29) is 17.8 Å². The zero-order chi connectivity index (χ0) is 20.4. The number of fused-ring (bicyclic) bond motifs is 1. The van der Waals surface area contributed by atoms with Gasteiger partial charge >= 0.3 is 6.09 Å². The van der Waals surface area contributed by atoms with Gasteiger partial charge in [-0.25, -0.2) is 9.18 Å². The van der Waals surface area contributed by atoms with Crippen LogP contribution in [0.25, 0.3) is 10.9 Å². The van der Waals surface area contributed by atoms with Crippen LogP contribution >= 0.6 is 0 Å². The molecule has 0 spiro atoms. The molecule has 2 fully saturated rings. The summed E-state index contributed by atoms with van der Waals surface area (Å²) >= 11 is 0. The molecule has 1 atom stereocenters. The number of piperazine rings is 1. The fourth-order valence-electron chi connectivity index (χ4n) is 4.31. The summed E-state index contributed by atoms with van der Waals surface area (Å²) in [4.78, 5) is 34.0. The summed E-state index contributed by atoms with van der Waals surface area (Å²) in [5, 5.41) is 0.706. The molecule has 2 saturated heterocycles. The van der Waals surface area contributed by atoms with E-state index < -0.39 is 0 Å². The smallest absolute Gasteiger partial charge is 0.409 e. The van der Waals surface area contributed by atoms with Gasteiger partial charge in [-0.2, -0.15) is 0 Å². The molecule has 0 aliphatic carbocycles. The predicted octanol–water partition coefficient (Wildman–Crippen LogP) is 2.69. The number of hydrogen-bond acceptors (Lipinski definition) is 4. The van der Waals surface area contributed by atoms with Gasteiger partial charge in [0.15, 0.2) is 0 Å². The molecule has 2 amide bonds. The molecule has 0 saturated carbocycles. The number of amides is 2. The second kappa shape index (κ2) is 8.41. The topological polar surface area (TPSA) is 68.9 Å². The maximum Gasteiger partial charge on any atom is 0.409 e. The Balaban J connectivity index is 1.38. The Morgan fingerprint density at radius 1 is 1.14 bits per heavy atom. The first kappa shape index (κ1) is 19.7. The zero-order valence-electron chi connectivity index (χ0n) is 16.7. The number of aromatic amines is 1. The first-order chi connectivity index (χ1) is 14.0. The third kappa shape index (κ3) is 4.22. The van der Waals surface area contributed by atoms with Gasteiger partial charge in [0.2, 0.25) is 0 Å². The van der Waals surface area contributed by atoms with Crippen LogP contribution in [-0.2, 0) is 4.74 Å². The molecule has 2 aromatic rings. The monoisotopic (exact) mass is 402 g/mol. The molecule has 8 heteroatoms. The lowest BCUT2D eigenvalue weighted by atomic mass is 10.0. The number of carbonyl (C=O) groups is 2. The number of nitrogens with zero attached hydrogens (tertiary/aromatic N) is 3. The molecule has 7 nitrogen and oxygen atoms in total. The van der Waals surface area contributed by atoms with Gasteiger partial charge in [-0.3, -0.25) is 9.69 Å². The highest BCUT2D eigenvalue weighted by atomic mass is 19.1. The Kier molecular flexibility index (Phi) is 5.71. The molecule has 1 N–H and O–H groups in total. The molecular formula is C21H27FN4O3. The van der Waals surface area contributed by atoms with E-state index in [9.17, 15) is 14.0 Å². The van der Waals surface area contributed by atoms with Gasteiger partial charge in [-0.15, -0.1) is 0 Å². The van der Waals surface area contributed by atoms with Crippen LogP contribution in [0.1, 0.15) is 30.3 Å². The number of nitrogens with one attached hydrogen (secondary N) is 1. The number of hydrogen-bond donors (Lipinski definition) is 1. The van der Waals surface area contributed by atoms with Gasteiger partial charge in [0.25, 0.3) is 5.91 Å². The number of piperidine rings is 1. The van der Waals surface area contributed by atoms with Gasteiger partial charge in [0, 0.05) is 56.2 Å². The van der Waals surface area contributed by atoms with Crippen molar-refractivity contribution >= 4 is 22.9 Å². The van der Waals surface area contributed by atoms with E-state index in [1.54, 1.807) is 17.0 Å². The van der Waals surface area contributed by atoms with Crippen molar-refractivity contribution in [3.05, 3.63) is 35.8 Å². The van der Waals surface area contributed by atoms with Gasteiger partial charge in [-0.05, 0) is 44.0 Å². The van der Waals surface area contributed by atoms with Crippen LogP contribution in [0.15, 0.2) is 24.3 Å². The van der Waals surface area contributed by atoms with Crippen LogP contribution in [-0.4, -0.2) is 83.6 Å². The van der Waals surface area contributed by atoms with Crippen LogP contribution in [0.5, 0.6) is 0 Å². The Hall–Kier alpha value is -2.61. The Labute approximate surface area is 169 Å². The highest BCUT2D eigenvalue weighted by Gasteiger charge is 2.32. The molecule has 0 radical (unpaired) electrons. The second-order valence-corrected chi connectivity index (χ2v) is 7.68. The average molecular weight is 402 g/mol. The van der Waals surface area contributed by atoms with Gasteiger partial charge in [0.1, 0.15) is 11.5 Å². The number of carbonyl (C=O) groups excluding carboxylic acids is 2. The molecule has 2 aliphatic rings. The SMILES string of the molecule is CCOC(=O)N1CCN([C@@H]2CCCN(C(=O)c3cc4cc(F)ccc4[nH]3)C2)CC1. The molecule has 1 aromatic heterocycles. The first-order valence-corrected chi connectivity index (χ1v) is 10.3. The van der Waals surface area contributed by atoms with Crippen LogP contribution in [0, 0.1) is 5.82 Å². The number of halogens is 1. The number of ether oxygens (including phenoxy) is 1. The summed E-state index contributed by atoms with van der Waals surface area (Å²) in [6.45, 7) is 6.47. The molecule has 29 heavy (non-hydrogen) atoms. The fraction of sp³-hybridized carbons (Fsp3) is 0.524. The highest BCUT2D eigenvalue weighted by Crippen LogP contribution is 2.22. The van der Waals surface area contributed by atoms with Crippen LogP contribution in [0.4, 0.5) is 9.18 Å². The fourth-order valence-corrected chi connectivity index (χ4v) is 4.31. The molecule has 1 aromatic carbocycles. The van der Waals surface area contributed by atoms with Gasteiger partial charge in [0.05, 0.1) is 6.61 Å². The van der Waals surface area contributed by atoms with E-state index in [1.807, 2.05) is 11.8 Å². The number of aromatic nitrogens is 1. The molecule has 0 bridgehead atoms. The number of benzene rings is 1. The van der Waals surface area contributed by atoms with E-state index in [0.29, 0.717) is 43.4 Å². The van der Waals surface area contributed by atoms with E-state index in [0.717, 1.165) is 38.0 Å². The van der Waals surface area contributed by atoms with Gasteiger partial charge in [-0.1, -0.05) is 0 Å². The number of likely N-dealkylation sites (tertiary alicyclic amines) is 1. The summed E-state index contributed by atoms with van der Waals surface area (Å²) in [7, 11) is 0. The van der Waals surface area contributed by atoms with Crippen molar-refractivity contribution in [2.75, 3.05) is 45.9 Å². The summed E-state index contributed by atoms with van der Waals surface area (Å²) in [6, 6.07) is 6.50. The quantitative estimate of drug-likeness (QED) is 0.857. The lowest BCUT2D eigenvalue weighted by molar-refractivity contribution is 0.0376. The summed E-state index contributed by atoms with van der Waals surface area (Å²) < 4.78 is 18.5. The Bertz CT molecular complexity index is 891. The molecular weight excluding hydrogens is 375 g/mol. The van der Waals surface area contributed by atoms with E-state index in [1.165, 1.54) is 12.1 Å². The third-order valence-corrected chi connectivity index (χ3v) is 5.85. The van der Waals surface area contributed by atoms with Crippen molar-refractivity contribution in [3.63, 3.8) is 0 Å². The zero-order valence-corrected chi connectivity index (χ0v) is 16.7. The Morgan fingerprint density at radius 2 is 1.93 bits per heavy atom. The first-order valence-electron chi connectivity index (χ1n) is 10.3. The van der Waals surface area contributed by atoms with E-state index in [4.69, 9.17) is 4.74 Å². The maximum atomic E-state index is 13.4. The molecule has 156 valence electrons. The number of rotatable bonds is 3. The summed E-state index contributed by atoms with van der Waals surface area (Å²) in [5.74, 6) is -0.355. The minimum Gasteiger partial charge on any atom is -0.450 e. The van der Waals surface area contributed by atoms with Crippen molar-refractivity contribution in [3.8, 4) is 0 Å². The molecule has 0 unspecified atom stereocenters. The third-order valence-electron chi connectivity index (χ3n) is 5.85. The molecule has 3 heterocycles. The summed E-state index contributed by atoms with van der Waals surface area (Å²) in [6.07, 6.45) is 1.74. The lowest BCUT2D eigenvalue weighted by Crippen LogP contribution is -2.56. The normalized spacial score (nSPS) is 20.8. The van der Waals surface area contributed by atoms with Crippen molar-refractivity contribution in [1.82, 2.24) is 19.7 Å². The van der Waals surface area contributed by atoms with Crippen LogP contribution in [0.2, 0.25) is 0 Å². The minimum absolute atomic E-state index is 0.0449. The van der Waals surface area contributed by atoms with Crippen molar-refractivity contribution < 1.29 is 18.7 Å². The Morgan fingerprint density at radius 3 is 2.69 bits per heavy atom. The van der Waals surface area contributed by atoms with Gasteiger partial charge < -0.3 is 19.5 Å². The second-order valence-electron chi connectivity index (χ2n) is 7.68. The van der Waals surface area contributed by atoms with Crippen LogP contribution in [0.3, 0.4) is 0 Å². The van der Waals surface area contributed by atoms with Crippen molar-refractivity contribution in [1.29, 1.82) is 0 Å². The number of H-pyrrole nitrogens is 1. The maximum absolute atomic E-state index is 13.4. The largest absolute Gasteiger partial charge is 0.450 e. The van der Waals surface area contributed by atoms with Crippen molar-refractivity contribution in [2.24, 2.45) is 0 Å². The molecule has 4 rings (SSSR count). The standard InChI is InChI=1S/C21H27FN4O3/c1-2-29-21(28)25-10-8-24(9-11-25)17-4-3-7-26(14-17)20(27)19-13-15-12-16(22)5-6-18(15)23-19/h5-6,12-13,17,23H,2-4,7-11,14H2,1H3/t17-/m1/s1. The van der Waals surface area contributed by atoms with Crippen molar-refractivity contribution in [2.45, 2.75) is 25.8 Å². The van der Waals surface area contributed by atoms with E-state index in [2.05, 4.69) is 9.88 Å². The molecule has 2 aliphatic heterocycles. The van der Waals surface area contributed by atoms with E-state index >= 15 is 0 Å². The van der Waals surface area contributed by atoms with Crippen LogP contribution < -0.4 is 0 Å². The highest BCUT2D eigenvalue weighted by molar-refractivity contribution is 5.98. The minimum atomic E-state index is -0.310. The lowest BCUT2D eigenvalue weighted by Gasteiger charge is -2.43. The summed E-state index contributed by atoms with van der Waals surface area (Å²) in [5.41, 5.74) is 1.26. The predicted molar refractivity (Wildman–Crippen MR) is 107 cm³/mol. The average Bonchev–Trinajstić information content (AvgIpc) is 3.17.